The summed E-state index contributed by atoms with van der Waals surface area (Å²) in [6, 6.07) is 7.59. The Morgan fingerprint density at radius 2 is 2.12 bits per heavy atom. The molecule has 0 aliphatic carbocycles. The highest BCUT2D eigenvalue weighted by Gasteiger charge is 1.99. The molecule has 0 aliphatic rings. The number of carbonyl (C=O) groups is 1. The van der Waals surface area contributed by atoms with Crippen LogP contribution in [0.5, 0.6) is 0 Å². The molecule has 2 rings (SSSR count). The van der Waals surface area contributed by atoms with Gasteiger partial charge in [-0.2, -0.15) is 0 Å². The van der Waals surface area contributed by atoms with Gasteiger partial charge in [0.1, 0.15) is 0 Å². The van der Waals surface area contributed by atoms with Crippen LogP contribution in [0.3, 0.4) is 0 Å². The summed E-state index contributed by atoms with van der Waals surface area (Å²) in [5, 5.41) is 9.05. The maximum absolute atomic E-state index is 10.7. The van der Waals surface area contributed by atoms with Crippen molar-refractivity contribution in [1.29, 1.82) is 0 Å². The van der Waals surface area contributed by atoms with Crippen LogP contribution in [-0.2, 0) is 17.8 Å². The zero-order chi connectivity index (χ0) is 12.1. The van der Waals surface area contributed by atoms with Gasteiger partial charge in [-0.15, -0.1) is 5.10 Å². The fraction of sp³-hybridized carbons (Fsp3) is 0.182. The first-order valence-corrected chi connectivity index (χ1v) is 5.95. The van der Waals surface area contributed by atoms with E-state index in [4.69, 9.17) is 5.73 Å². The van der Waals surface area contributed by atoms with E-state index in [0.717, 1.165) is 16.9 Å². The Hall–Kier alpha value is -1.95. The number of aromatic nitrogens is 2. The highest BCUT2D eigenvalue weighted by molar-refractivity contribution is 7.03. The molecule has 6 heteroatoms. The van der Waals surface area contributed by atoms with Crippen molar-refractivity contribution in [3.05, 3.63) is 40.9 Å². The number of primary amides is 1. The van der Waals surface area contributed by atoms with Gasteiger partial charge in [-0.3, -0.25) is 4.79 Å². The molecule has 1 heterocycles. The van der Waals surface area contributed by atoms with E-state index in [1.807, 2.05) is 29.6 Å². The van der Waals surface area contributed by atoms with Crippen LogP contribution in [0.4, 0.5) is 5.69 Å². The molecule has 1 aromatic carbocycles. The Bertz CT molecular complexity index is 481. The maximum Gasteiger partial charge on any atom is 0.221 e. The van der Waals surface area contributed by atoms with Crippen LogP contribution in [0.15, 0.2) is 29.6 Å². The number of hydrogen-bond donors (Lipinski definition) is 2. The Labute approximate surface area is 103 Å². The van der Waals surface area contributed by atoms with E-state index in [9.17, 15) is 4.79 Å². The number of benzene rings is 1. The summed E-state index contributed by atoms with van der Waals surface area (Å²) in [5.41, 5.74) is 7.92. The number of amides is 1. The molecule has 0 spiro atoms. The van der Waals surface area contributed by atoms with Gasteiger partial charge in [0.05, 0.1) is 18.7 Å². The highest BCUT2D eigenvalue weighted by Crippen LogP contribution is 2.11. The predicted molar refractivity (Wildman–Crippen MR) is 66.6 cm³/mol. The molecule has 0 saturated carbocycles. The molecule has 0 atom stereocenters. The van der Waals surface area contributed by atoms with Gasteiger partial charge in [0.2, 0.25) is 5.91 Å². The van der Waals surface area contributed by atoms with E-state index in [-0.39, 0.29) is 12.3 Å². The minimum absolute atomic E-state index is 0.274. The average Bonchev–Trinajstić information content (AvgIpc) is 2.80. The summed E-state index contributed by atoms with van der Waals surface area (Å²) in [6.07, 6.45) is 0.274. The molecular weight excluding hydrogens is 236 g/mol. The number of rotatable bonds is 5. The summed E-state index contributed by atoms with van der Waals surface area (Å²) >= 11 is 1.33. The van der Waals surface area contributed by atoms with Gasteiger partial charge < -0.3 is 11.1 Å². The number of nitrogens with two attached hydrogens (primary N) is 1. The first kappa shape index (κ1) is 11.5. The Balaban J connectivity index is 1.91. The summed E-state index contributed by atoms with van der Waals surface area (Å²) in [5.74, 6) is -0.320. The average molecular weight is 248 g/mol. The third-order valence-electron chi connectivity index (χ3n) is 2.21. The minimum Gasteiger partial charge on any atom is -0.379 e. The molecule has 1 aromatic heterocycles. The van der Waals surface area contributed by atoms with Crippen molar-refractivity contribution in [3.63, 3.8) is 0 Å². The van der Waals surface area contributed by atoms with Crippen molar-refractivity contribution in [2.75, 3.05) is 5.32 Å². The van der Waals surface area contributed by atoms with E-state index >= 15 is 0 Å². The maximum atomic E-state index is 10.7. The standard InChI is InChI=1S/C11H12N4OS/c12-11(16)5-8-1-3-9(4-2-8)13-6-10-7-17-15-14-10/h1-4,7,13H,5-6H2,(H2,12,16). The monoisotopic (exact) mass is 248 g/mol. The molecule has 5 nitrogen and oxygen atoms in total. The van der Waals surface area contributed by atoms with Gasteiger partial charge >= 0.3 is 0 Å². The van der Waals surface area contributed by atoms with Crippen molar-refractivity contribution < 1.29 is 4.79 Å². The SMILES string of the molecule is NC(=O)Cc1ccc(NCc2csnn2)cc1. The Morgan fingerprint density at radius 3 is 2.71 bits per heavy atom. The predicted octanol–water partition coefficient (Wildman–Crippen LogP) is 1.18. The molecule has 3 N–H and O–H groups in total. The topological polar surface area (TPSA) is 80.9 Å². The quantitative estimate of drug-likeness (QED) is 0.832. The lowest BCUT2D eigenvalue weighted by atomic mass is 10.1. The smallest absolute Gasteiger partial charge is 0.221 e. The second-order valence-corrected chi connectivity index (χ2v) is 4.20. The van der Waals surface area contributed by atoms with Crippen LogP contribution in [0.2, 0.25) is 0 Å². The minimum atomic E-state index is -0.320. The van der Waals surface area contributed by atoms with Crippen LogP contribution in [0.25, 0.3) is 0 Å². The van der Waals surface area contributed by atoms with E-state index in [1.165, 1.54) is 11.5 Å². The van der Waals surface area contributed by atoms with Crippen molar-refractivity contribution in [3.8, 4) is 0 Å². The number of anilines is 1. The van der Waals surface area contributed by atoms with Gasteiger partial charge in [-0.25, -0.2) is 0 Å². The van der Waals surface area contributed by atoms with Crippen LogP contribution in [-0.4, -0.2) is 15.5 Å². The van der Waals surface area contributed by atoms with E-state index in [2.05, 4.69) is 14.9 Å². The summed E-state index contributed by atoms with van der Waals surface area (Å²) in [6.45, 7) is 0.645. The third kappa shape index (κ3) is 3.53. The summed E-state index contributed by atoms with van der Waals surface area (Å²) < 4.78 is 3.78. The number of nitrogens with one attached hydrogen (secondary N) is 1. The van der Waals surface area contributed by atoms with Gasteiger partial charge in [0.15, 0.2) is 0 Å². The molecule has 2 aromatic rings. The van der Waals surface area contributed by atoms with Crippen LogP contribution in [0.1, 0.15) is 11.3 Å². The zero-order valence-corrected chi connectivity index (χ0v) is 9.91. The van der Waals surface area contributed by atoms with Crippen LogP contribution >= 0.6 is 11.5 Å². The lowest BCUT2D eigenvalue weighted by Gasteiger charge is -2.05. The van der Waals surface area contributed by atoms with Gasteiger partial charge in [0, 0.05) is 11.1 Å². The third-order valence-corrected chi connectivity index (χ3v) is 2.76. The van der Waals surface area contributed by atoms with E-state index in [0.29, 0.717) is 6.54 Å². The van der Waals surface area contributed by atoms with Crippen LogP contribution in [0, 0.1) is 0 Å². The van der Waals surface area contributed by atoms with E-state index in [1.54, 1.807) is 0 Å². The molecule has 0 bridgehead atoms. The molecular formula is C11H12N4OS. The molecule has 0 unspecified atom stereocenters. The Kier molecular flexibility index (Phi) is 3.66. The van der Waals surface area contributed by atoms with Crippen molar-refractivity contribution in [1.82, 2.24) is 9.59 Å². The van der Waals surface area contributed by atoms with Gasteiger partial charge in [0.25, 0.3) is 0 Å². The van der Waals surface area contributed by atoms with Crippen molar-refractivity contribution >= 4 is 23.1 Å². The van der Waals surface area contributed by atoms with Gasteiger partial charge in [-0.1, -0.05) is 16.6 Å². The second-order valence-electron chi connectivity index (χ2n) is 3.59. The fourth-order valence-electron chi connectivity index (χ4n) is 1.40. The fourth-order valence-corrected chi connectivity index (χ4v) is 1.85. The number of carbonyl (C=O) groups excluding carboxylic acids is 1. The lowest BCUT2D eigenvalue weighted by molar-refractivity contribution is -0.117. The highest BCUT2D eigenvalue weighted by atomic mass is 32.1. The normalized spacial score (nSPS) is 10.1. The van der Waals surface area contributed by atoms with Crippen LogP contribution < -0.4 is 11.1 Å². The molecule has 0 radical (unpaired) electrons. The van der Waals surface area contributed by atoms with Gasteiger partial charge in [-0.05, 0) is 29.2 Å². The first-order valence-electron chi connectivity index (χ1n) is 5.11. The Morgan fingerprint density at radius 1 is 1.35 bits per heavy atom. The van der Waals surface area contributed by atoms with Crippen molar-refractivity contribution in [2.45, 2.75) is 13.0 Å². The zero-order valence-electron chi connectivity index (χ0n) is 9.09. The molecule has 1 amide bonds. The van der Waals surface area contributed by atoms with E-state index < -0.39 is 0 Å². The largest absolute Gasteiger partial charge is 0.379 e. The second kappa shape index (κ2) is 5.40. The first-order chi connectivity index (χ1) is 8.24. The number of hydrogen-bond acceptors (Lipinski definition) is 5. The molecule has 0 fully saturated rings. The van der Waals surface area contributed by atoms with Crippen molar-refractivity contribution in [2.24, 2.45) is 5.73 Å². The lowest BCUT2D eigenvalue weighted by Crippen LogP contribution is -2.13. The molecule has 0 aliphatic heterocycles. The molecule has 17 heavy (non-hydrogen) atoms. The molecule has 0 saturated heterocycles. The number of nitrogens with zero attached hydrogens (tertiary/aromatic N) is 2. The molecule has 88 valence electrons. The summed E-state index contributed by atoms with van der Waals surface area (Å²) in [4.78, 5) is 10.7. The summed E-state index contributed by atoms with van der Waals surface area (Å²) in [7, 11) is 0.